The summed E-state index contributed by atoms with van der Waals surface area (Å²) in [6.45, 7) is 6.26. The molecular formula is C28H30ClN3O2. The molecule has 0 bridgehead atoms. The number of nitrogens with one attached hydrogen (secondary N) is 2. The van der Waals surface area contributed by atoms with E-state index in [0.717, 1.165) is 30.8 Å². The van der Waals surface area contributed by atoms with Gasteiger partial charge in [0, 0.05) is 31.0 Å². The smallest absolute Gasteiger partial charge is 0.253 e. The fraction of sp³-hybridized carbons (Fsp3) is 0.286. The van der Waals surface area contributed by atoms with Crippen LogP contribution in [0.15, 0.2) is 72.8 Å². The third-order valence-electron chi connectivity index (χ3n) is 5.97. The highest BCUT2D eigenvalue weighted by atomic mass is 35.5. The molecule has 4 rings (SSSR count). The molecule has 0 aromatic heterocycles. The third kappa shape index (κ3) is 5.60. The van der Waals surface area contributed by atoms with Gasteiger partial charge in [-0.1, -0.05) is 68.4 Å². The summed E-state index contributed by atoms with van der Waals surface area (Å²) in [5.41, 5.74) is 5.29. The van der Waals surface area contributed by atoms with Crippen molar-refractivity contribution in [1.82, 2.24) is 5.32 Å². The van der Waals surface area contributed by atoms with E-state index in [2.05, 4.69) is 47.6 Å². The molecule has 1 aliphatic heterocycles. The van der Waals surface area contributed by atoms with Crippen molar-refractivity contribution in [2.75, 3.05) is 23.3 Å². The molecule has 1 heterocycles. The predicted molar refractivity (Wildman–Crippen MR) is 138 cm³/mol. The van der Waals surface area contributed by atoms with E-state index in [1.165, 1.54) is 11.1 Å². The Hall–Kier alpha value is -3.31. The van der Waals surface area contributed by atoms with Gasteiger partial charge < -0.3 is 15.5 Å². The average Bonchev–Trinajstić information content (AvgIpc) is 2.87. The number of carbonyl (C=O) groups excluding carboxylic acids is 2. The van der Waals surface area contributed by atoms with Gasteiger partial charge >= 0.3 is 0 Å². The van der Waals surface area contributed by atoms with Crippen LogP contribution in [0.2, 0.25) is 0 Å². The van der Waals surface area contributed by atoms with Gasteiger partial charge in [-0.05, 0) is 47.2 Å². The molecule has 0 spiro atoms. The van der Waals surface area contributed by atoms with Crippen LogP contribution in [-0.2, 0) is 17.8 Å². The van der Waals surface area contributed by atoms with Crippen LogP contribution in [0.1, 0.15) is 46.3 Å². The highest BCUT2D eigenvalue weighted by molar-refractivity contribution is 6.32. The topological polar surface area (TPSA) is 61.4 Å². The third-order valence-corrected chi connectivity index (χ3v) is 6.42. The highest BCUT2D eigenvalue weighted by Gasteiger charge is 2.23. The number of nitrogens with zero attached hydrogens (tertiary/aromatic N) is 1. The summed E-state index contributed by atoms with van der Waals surface area (Å²) in [6, 6.07) is 23.1. The van der Waals surface area contributed by atoms with Crippen LogP contribution in [0.5, 0.6) is 0 Å². The molecule has 0 saturated heterocycles. The summed E-state index contributed by atoms with van der Waals surface area (Å²) in [6.07, 6.45) is 0.923. The molecule has 0 radical (unpaired) electrons. The largest absolute Gasteiger partial charge is 0.366 e. The number of rotatable bonds is 7. The summed E-state index contributed by atoms with van der Waals surface area (Å²) in [5.74, 6) is -0.148. The second-order valence-electron chi connectivity index (χ2n) is 9.04. The van der Waals surface area contributed by atoms with Crippen molar-refractivity contribution in [3.05, 3.63) is 95.1 Å². The number of alkyl halides is 1. The maximum atomic E-state index is 13.2. The van der Waals surface area contributed by atoms with E-state index < -0.39 is 5.38 Å². The maximum Gasteiger partial charge on any atom is 0.253 e. The van der Waals surface area contributed by atoms with Crippen molar-refractivity contribution in [2.45, 2.75) is 32.2 Å². The number of hydrogen-bond acceptors (Lipinski definition) is 3. The molecular weight excluding hydrogens is 446 g/mol. The number of benzene rings is 3. The van der Waals surface area contributed by atoms with Crippen molar-refractivity contribution in [3.8, 4) is 0 Å². The predicted octanol–water partition coefficient (Wildman–Crippen LogP) is 5.55. The van der Waals surface area contributed by atoms with E-state index >= 15 is 0 Å². The molecule has 0 fully saturated rings. The molecule has 2 amide bonds. The summed E-state index contributed by atoms with van der Waals surface area (Å²) in [7, 11) is 0. The van der Waals surface area contributed by atoms with Gasteiger partial charge in [0.2, 0.25) is 5.91 Å². The Kier molecular flexibility index (Phi) is 7.53. The molecule has 0 saturated carbocycles. The Morgan fingerprint density at radius 1 is 0.971 bits per heavy atom. The molecule has 34 heavy (non-hydrogen) atoms. The Morgan fingerprint density at radius 2 is 1.68 bits per heavy atom. The van der Waals surface area contributed by atoms with Crippen LogP contribution in [0, 0.1) is 5.92 Å². The molecule has 0 aliphatic carbocycles. The van der Waals surface area contributed by atoms with Gasteiger partial charge in [0.15, 0.2) is 0 Å². The number of fused-ring (bicyclic) bond motifs is 1. The summed E-state index contributed by atoms with van der Waals surface area (Å²) >= 11 is 6.39. The van der Waals surface area contributed by atoms with Gasteiger partial charge in [0.05, 0.1) is 5.56 Å². The number of amides is 2. The Labute approximate surface area is 206 Å². The molecule has 5 nitrogen and oxygen atoms in total. The monoisotopic (exact) mass is 475 g/mol. The van der Waals surface area contributed by atoms with Crippen LogP contribution in [0.4, 0.5) is 11.4 Å². The van der Waals surface area contributed by atoms with Crippen molar-refractivity contribution in [2.24, 2.45) is 5.92 Å². The number of hydrogen-bond donors (Lipinski definition) is 2. The van der Waals surface area contributed by atoms with Crippen molar-refractivity contribution < 1.29 is 9.59 Å². The number of halogens is 1. The molecule has 3 aromatic rings. The van der Waals surface area contributed by atoms with E-state index in [1.807, 2.05) is 48.5 Å². The average molecular weight is 476 g/mol. The molecule has 1 unspecified atom stereocenters. The molecule has 3 aromatic carbocycles. The molecule has 1 aliphatic rings. The summed E-state index contributed by atoms with van der Waals surface area (Å²) < 4.78 is 0. The minimum Gasteiger partial charge on any atom is -0.366 e. The van der Waals surface area contributed by atoms with Crippen LogP contribution in [0.3, 0.4) is 0 Å². The Morgan fingerprint density at radius 3 is 2.41 bits per heavy atom. The van der Waals surface area contributed by atoms with Gasteiger partial charge in [-0.15, -0.1) is 11.6 Å². The Balaban J connectivity index is 1.59. The quantitative estimate of drug-likeness (QED) is 0.440. The van der Waals surface area contributed by atoms with E-state index in [4.69, 9.17) is 11.6 Å². The normalized spacial score (nSPS) is 13.8. The van der Waals surface area contributed by atoms with Crippen LogP contribution in [0.25, 0.3) is 0 Å². The first-order valence-electron chi connectivity index (χ1n) is 11.7. The fourth-order valence-electron chi connectivity index (χ4n) is 4.14. The summed E-state index contributed by atoms with van der Waals surface area (Å²) in [5, 5.41) is 5.08. The first-order chi connectivity index (χ1) is 16.4. The van der Waals surface area contributed by atoms with Gasteiger partial charge in [0.1, 0.15) is 5.38 Å². The van der Waals surface area contributed by atoms with Crippen molar-refractivity contribution in [1.29, 1.82) is 0 Å². The summed E-state index contributed by atoms with van der Waals surface area (Å²) in [4.78, 5) is 28.2. The standard InChI is InChI=1S/C28H30ClN3O2/c1-19(2)17-30-27(33)24-16-23(31-28(34)26(29)21-9-4-3-5-10-21)12-13-25(24)32-15-14-20-8-6-7-11-22(20)18-32/h3-13,16,19,26H,14-15,17-18H2,1-2H3,(H,30,33)(H,31,34). The van der Waals surface area contributed by atoms with Crippen LogP contribution in [-0.4, -0.2) is 24.9 Å². The van der Waals surface area contributed by atoms with E-state index in [-0.39, 0.29) is 11.8 Å². The molecule has 6 heteroatoms. The lowest BCUT2D eigenvalue weighted by Crippen LogP contribution is -2.34. The first-order valence-corrected chi connectivity index (χ1v) is 12.1. The molecule has 176 valence electrons. The zero-order chi connectivity index (χ0) is 24.1. The van der Waals surface area contributed by atoms with Crippen molar-refractivity contribution >= 4 is 34.8 Å². The second-order valence-corrected chi connectivity index (χ2v) is 9.47. The van der Waals surface area contributed by atoms with Gasteiger partial charge in [-0.2, -0.15) is 0 Å². The van der Waals surface area contributed by atoms with Gasteiger partial charge in [-0.25, -0.2) is 0 Å². The minimum atomic E-state index is -0.822. The lowest BCUT2D eigenvalue weighted by molar-refractivity contribution is -0.116. The first kappa shape index (κ1) is 23.8. The van der Waals surface area contributed by atoms with Crippen LogP contribution >= 0.6 is 11.6 Å². The SMILES string of the molecule is CC(C)CNC(=O)c1cc(NC(=O)C(Cl)c2ccccc2)ccc1N1CCc2ccccc2C1. The van der Waals surface area contributed by atoms with E-state index in [9.17, 15) is 9.59 Å². The maximum absolute atomic E-state index is 13.2. The van der Waals surface area contributed by atoms with E-state index in [1.54, 1.807) is 6.07 Å². The zero-order valence-electron chi connectivity index (χ0n) is 19.6. The second kappa shape index (κ2) is 10.7. The van der Waals surface area contributed by atoms with Crippen LogP contribution < -0.4 is 15.5 Å². The lowest BCUT2D eigenvalue weighted by atomic mass is 9.98. The van der Waals surface area contributed by atoms with Crippen molar-refractivity contribution in [3.63, 3.8) is 0 Å². The number of carbonyl (C=O) groups is 2. The van der Waals surface area contributed by atoms with Gasteiger partial charge in [-0.3, -0.25) is 9.59 Å². The Bertz CT molecular complexity index is 1160. The molecule has 2 N–H and O–H groups in total. The van der Waals surface area contributed by atoms with E-state index in [0.29, 0.717) is 23.7 Å². The highest BCUT2D eigenvalue weighted by Crippen LogP contribution is 2.30. The lowest BCUT2D eigenvalue weighted by Gasteiger charge is -2.32. The minimum absolute atomic E-state index is 0.149. The van der Waals surface area contributed by atoms with Gasteiger partial charge in [0.25, 0.3) is 5.91 Å². The fourth-order valence-corrected chi connectivity index (χ4v) is 4.34. The zero-order valence-corrected chi connectivity index (χ0v) is 20.3. The number of anilines is 2. The molecule has 1 atom stereocenters.